The van der Waals surface area contributed by atoms with Crippen molar-refractivity contribution in [1.82, 2.24) is 4.90 Å². The van der Waals surface area contributed by atoms with Crippen LogP contribution in [0.1, 0.15) is 43.8 Å². The van der Waals surface area contributed by atoms with E-state index in [2.05, 4.69) is 0 Å². The number of carbonyl (C=O) groups is 3. The lowest BCUT2D eigenvalue weighted by Crippen LogP contribution is -2.43. The van der Waals surface area contributed by atoms with E-state index in [9.17, 15) is 14.4 Å². The number of nitrogens with zero attached hydrogens (tertiary/aromatic N) is 1. The molecule has 3 aromatic rings. The molecule has 3 aromatic carbocycles. The van der Waals surface area contributed by atoms with Gasteiger partial charge in [0.25, 0.3) is 5.91 Å². The Morgan fingerprint density at radius 1 is 0.969 bits per heavy atom. The first-order valence-electron chi connectivity index (χ1n) is 10.4. The van der Waals surface area contributed by atoms with Crippen LogP contribution in [0.15, 0.2) is 72.8 Å². The van der Waals surface area contributed by atoms with E-state index in [1.54, 1.807) is 35.2 Å². The maximum atomic E-state index is 13.5. The van der Waals surface area contributed by atoms with Crippen molar-refractivity contribution in [1.29, 1.82) is 0 Å². The topological polar surface area (TPSA) is 74.7 Å². The second kappa shape index (κ2) is 9.37. The van der Waals surface area contributed by atoms with E-state index >= 15 is 0 Å². The molecule has 0 saturated heterocycles. The smallest absolute Gasteiger partial charge is 0.335 e. The van der Waals surface area contributed by atoms with Crippen LogP contribution in [-0.4, -0.2) is 33.7 Å². The van der Waals surface area contributed by atoms with Gasteiger partial charge in [0.1, 0.15) is 0 Å². The molecule has 1 aliphatic heterocycles. The van der Waals surface area contributed by atoms with Gasteiger partial charge in [-0.2, -0.15) is 0 Å². The van der Waals surface area contributed by atoms with E-state index in [-0.39, 0.29) is 30.2 Å². The van der Waals surface area contributed by atoms with Crippen LogP contribution < -0.4 is 0 Å². The largest absolute Gasteiger partial charge is 0.478 e. The first kappa shape index (κ1) is 21.8. The molecule has 1 atom stereocenters. The average Bonchev–Trinajstić information content (AvgIpc) is 2.87. The number of aromatic carboxylic acids is 1. The van der Waals surface area contributed by atoms with Crippen LogP contribution in [0.25, 0.3) is 0 Å². The highest BCUT2D eigenvalue weighted by Gasteiger charge is 2.35. The number of carbonyl (C=O) groups excluding carboxylic acids is 2. The van der Waals surface area contributed by atoms with Gasteiger partial charge in [-0.15, -0.1) is 0 Å². The molecular formula is C26H22ClNO4. The Balaban J connectivity index is 1.67. The molecule has 4 rings (SSSR count). The predicted molar refractivity (Wildman–Crippen MR) is 122 cm³/mol. The quantitative estimate of drug-likeness (QED) is 0.588. The zero-order valence-corrected chi connectivity index (χ0v) is 18.1. The summed E-state index contributed by atoms with van der Waals surface area (Å²) in [6.07, 6.45) is 1.31. The number of amides is 1. The summed E-state index contributed by atoms with van der Waals surface area (Å²) in [5, 5.41) is 9.63. The van der Waals surface area contributed by atoms with Crippen LogP contribution >= 0.6 is 11.6 Å². The molecule has 1 N–H and O–H groups in total. The van der Waals surface area contributed by atoms with Gasteiger partial charge in [-0.3, -0.25) is 9.59 Å². The summed E-state index contributed by atoms with van der Waals surface area (Å²) < 4.78 is 0. The molecule has 0 saturated carbocycles. The molecule has 0 fully saturated rings. The summed E-state index contributed by atoms with van der Waals surface area (Å²) in [4.78, 5) is 39.6. The highest BCUT2D eigenvalue weighted by Crippen LogP contribution is 2.27. The van der Waals surface area contributed by atoms with Gasteiger partial charge in [-0.05, 0) is 59.9 Å². The average molecular weight is 448 g/mol. The van der Waals surface area contributed by atoms with Crippen molar-refractivity contribution in [2.45, 2.75) is 31.8 Å². The van der Waals surface area contributed by atoms with E-state index in [0.29, 0.717) is 29.0 Å². The standard InChI is InChI=1S/C26H22ClNO4/c27-21-11-12-22-20(14-21)15-24(29)23(13-8-17-4-2-1-3-5-17)28(25(22)30)16-18-6-9-19(10-7-18)26(31)32/h1-7,9-12,14,23H,8,13,15-16H2,(H,31,32)/t23-/m1/s1. The summed E-state index contributed by atoms with van der Waals surface area (Å²) >= 11 is 6.13. The zero-order valence-electron chi connectivity index (χ0n) is 17.3. The minimum atomic E-state index is -1.01. The van der Waals surface area contributed by atoms with Crippen LogP contribution in [0.5, 0.6) is 0 Å². The second-order valence-electron chi connectivity index (χ2n) is 7.92. The van der Waals surface area contributed by atoms with Crippen LogP contribution in [0.3, 0.4) is 0 Å². The van der Waals surface area contributed by atoms with Crippen LogP contribution in [0.2, 0.25) is 5.02 Å². The van der Waals surface area contributed by atoms with Gasteiger partial charge in [0.05, 0.1) is 11.6 Å². The van der Waals surface area contributed by atoms with Gasteiger partial charge in [0, 0.05) is 23.6 Å². The normalized spacial score (nSPS) is 15.9. The summed E-state index contributed by atoms with van der Waals surface area (Å²) in [7, 11) is 0. The van der Waals surface area contributed by atoms with Crippen LogP contribution in [-0.2, 0) is 24.2 Å². The first-order valence-corrected chi connectivity index (χ1v) is 10.8. The fourth-order valence-electron chi connectivity index (χ4n) is 4.09. The maximum absolute atomic E-state index is 13.5. The predicted octanol–water partition coefficient (Wildman–Crippen LogP) is 4.81. The molecule has 0 spiro atoms. The number of carboxylic acids is 1. The maximum Gasteiger partial charge on any atom is 0.335 e. The van der Waals surface area contributed by atoms with Crippen molar-refractivity contribution in [2.24, 2.45) is 0 Å². The highest BCUT2D eigenvalue weighted by atomic mass is 35.5. The molecule has 1 amide bonds. The van der Waals surface area contributed by atoms with Crippen molar-refractivity contribution >= 4 is 29.3 Å². The molecule has 32 heavy (non-hydrogen) atoms. The Morgan fingerprint density at radius 2 is 1.69 bits per heavy atom. The number of hydrogen-bond acceptors (Lipinski definition) is 3. The van der Waals surface area contributed by atoms with E-state index in [1.165, 1.54) is 12.1 Å². The number of carboxylic acid groups (broad SMARTS) is 1. The third kappa shape index (κ3) is 4.73. The van der Waals surface area contributed by atoms with Gasteiger partial charge >= 0.3 is 5.97 Å². The monoisotopic (exact) mass is 447 g/mol. The van der Waals surface area contributed by atoms with E-state index in [4.69, 9.17) is 16.7 Å². The number of aryl methyl sites for hydroxylation is 1. The molecule has 5 nitrogen and oxygen atoms in total. The molecule has 1 aliphatic rings. The van der Waals surface area contributed by atoms with Crippen LogP contribution in [0.4, 0.5) is 0 Å². The van der Waals surface area contributed by atoms with Crippen molar-refractivity contribution in [3.63, 3.8) is 0 Å². The molecule has 162 valence electrons. The second-order valence-corrected chi connectivity index (χ2v) is 8.36. The fraction of sp³-hybridized carbons (Fsp3) is 0.192. The summed E-state index contributed by atoms with van der Waals surface area (Å²) in [6, 6.07) is 20.7. The lowest BCUT2D eigenvalue weighted by atomic mass is 9.97. The van der Waals surface area contributed by atoms with Crippen molar-refractivity contribution in [3.05, 3.63) is 106 Å². The Hall–Kier alpha value is -3.44. The Labute approximate surface area is 191 Å². The minimum absolute atomic E-state index is 0.0301. The summed E-state index contributed by atoms with van der Waals surface area (Å²) in [5.41, 5.74) is 3.15. The number of rotatable bonds is 6. The van der Waals surface area contributed by atoms with Gasteiger partial charge in [0.15, 0.2) is 5.78 Å². The Morgan fingerprint density at radius 3 is 2.38 bits per heavy atom. The van der Waals surface area contributed by atoms with E-state index in [1.807, 2.05) is 30.3 Å². The summed E-state index contributed by atoms with van der Waals surface area (Å²) in [6.45, 7) is 0.214. The third-order valence-corrected chi connectivity index (χ3v) is 6.01. The summed E-state index contributed by atoms with van der Waals surface area (Å²) in [5.74, 6) is -1.26. The SMILES string of the molecule is O=C(O)c1ccc(CN2C(=O)c3ccc(Cl)cc3CC(=O)[C@H]2CCc2ccccc2)cc1. The number of Topliss-reactive ketones (excluding diaryl/α,β-unsaturated/α-hetero) is 1. The van der Waals surface area contributed by atoms with Crippen molar-refractivity contribution < 1.29 is 19.5 Å². The molecule has 0 radical (unpaired) electrons. The van der Waals surface area contributed by atoms with Gasteiger partial charge in [0.2, 0.25) is 0 Å². The Bertz CT molecular complexity index is 1160. The lowest BCUT2D eigenvalue weighted by molar-refractivity contribution is -0.123. The lowest BCUT2D eigenvalue weighted by Gasteiger charge is -2.29. The Kier molecular flexibility index (Phi) is 6.37. The number of fused-ring (bicyclic) bond motifs is 1. The van der Waals surface area contributed by atoms with Gasteiger partial charge in [-0.25, -0.2) is 4.79 Å². The number of ketones is 1. The number of halogens is 1. The molecule has 0 unspecified atom stereocenters. The third-order valence-electron chi connectivity index (χ3n) is 5.77. The fourth-order valence-corrected chi connectivity index (χ4v) is 4.28. The molecular weight excluding hydrogens is 426 g/mol. The highest BCUT2D eigenvalue weighted by molar-refractivity contribution is 6.30. The van der Waals surface area contributed by atoms with Gasteiger partial charge in [-0.1, -0.05) is 54.1 Å². The minimum Gasteiger partial charge on any atom is -0.478 e. The molecule has 0 aliphatic carbocycles. The first-order chi connectivity index (χ1) is 15.4. The molecule has 0 aromatic heterocycles. The van der Waals surface area contributed by atoms with Crippen molar-refractivity contribution in [3.8, 4) is 0 Å². The van der Waals surface area contributed by atoms with Crippen molar-refractivity contribution in [2.75, 3.05) is 0 Å². The molecule has 6 heteroatoms. The van der Waals surface area contributed by atoms with Gasteiger partial charge < -0.3 is 10.0 Å². The zero-order chi connectivity index (χ0) is 22.7. The number of benzene rings is 3. The number of hydrogen-bond donors (Lipinski definition) is 1. The van der Waals surface area contributed by atoms with E-state index in [0.717, 1.165) is 11.1 Å². The van der Waals surface area contributed by atoms with E-state index < -0.39 is 12.0 Å². The molecule has 1 heterocycles. The van der Waals surface area contributed by atoms with Crippen LogP contribution in [0, 0.1) is 0 Å². The molecule has 0 bridgehead atoms.